The summed E-state index contributed by atoms with van der Waals surface area (Å²) < 4.78 is 0. The maximum atomic E-state index is 5.19. The zero-order chi connectivity index (χ0) is 5.98. The van der Waals surface area contributed by atoms with E-state index in [1.807, 2.05) is 0 Å². The standard InChI is InChI=1S/C5H5N3/c1-2-4-3-7-5(6)8-4/h1,3H,(H3,6,7,8). The first-order valence-electron chi connectivity index (χ1n) is 2.10. The SMILES string of the molecule is C#Cc1cnc(N)[nH]1. The molecule has 3 nitrogen and oxygen atoms in total. The smallest absolute Gasteiger partial charge is 0.198 e. The molecule has 0 unspecified atom stereocenters. The Labute approximate surface area is 46.9 Å². The number of imidazole rings is 1. The Hall–Kier alpha value is -1.43. The van der Waals surface area contributed by atoms with Crippen LogP contribution in [0.1, 0.15) is 5.69 Å². The number of terminal acetylenes is 1. The third-order valence-electron chi connectivity index (χ3n) is 0.751. The van der Waals surface area contributed by atoms with Gasteiger partial charge in [-0.25, -0.2) is 4.98 Å². The van der Waals surface area contributed by atoms with Crippen LogP contribution in [-0.4, -0.2) is 9.97 Å². The predicted molar refractivity (Wildman–Crippen MR) is 30.9 cm³/mol. The molecule has 0 spiro atoms. The van der Waals surface area contributed by atoms with E-state index in [1.54, 1.807) is 0 Å². The van der Waals surface area contributed by atoms with Crippen LogP contribution >= 0.6 is 0 Å². The maximum absolute atomic E-state index is 5.19. The van der Waals surface area contributed by atoms with E-state index in [0.29, 0.717) is 11.6 Å². The monoisotopic (exact) mass is 107 g/mol. The van der Waals surface area contributed by atoms with E-state index in [1.165, 1.54) is 6.20 Å². The van der Waals surface area contributed by atoms with Crippen molar-refractivity contribution < 1.29 is 0 Å². The molecule has 0 bridgehead atoms. The van der Waals surface area contributed by atoms with Gasteiger partial charge in [0.2, 0.25) is 0 Å². The lowest BCUT2D eigenvalue weighted by Crippen LogP contribution is -1.84. The number of aromatic nitrogens is 2. The van der Waals surface area contributed by atoms with Crippen LogP contribution in [-0.2, 0) is 0 Å². The predicted octanol–water partition coefficient (Wildman–Crippen LogP) is -0.0268. The molecule has 3 heteroatoms. The van der Waals surface area contributed by atoms with Gasteiger partial charge in [-0.05, 0) is 0 Å². The van der Waals surface area contributed by atoms with E-state index < -0.39 is 0 Å². The molecule has 0 fully saturated rings. The van der Waals surface area contributed by atoms with E-state index in [2.05, 4.69) is 15.9 Å². The average Bonchev–Trinajstić information content (AvgIpc) is 2.14. The van der Waals surface area contributed by atoms with Gasteiger partial charge in [-0.2, -0.15) is 0 Å². The molecule has 1 aromatic heterocycles. The summed E-state index contributed by atoms with van der Waals surface area (Å²) in [5.41, 5.74) is 5.81. The molecule has 0 amide bonds. The van der Waals surface area contributed by atoms with Crippen molar-refractivity contribution in [3.8, 4) is 12.3 Å². The largest absolute Gasteiger partial charge is 0.369 e. The fraction of sp³-hybridized carbons (Fsp3) is 0. The quantitative estimate of drug-likeness (QED) is 0.457. The van der Waals surface area contributed by atoms with Crippen LogP contribution in [0.4, 0.5) is 5.95 Å². The van der Waals surface area contributed by atoms with Crippen molar-refractivity contribution in [3.05, 3.63) is 11.9 Å². The van der Waals surface area contributed by atoms with Crippen molar-refractivity contribution in [1.82, 2.24) is 9.97 Å². The molecule has 0 saturated carbocycles. The number of anilines is 1. The summed E-state index contributed by atoms with van der Waals surface area (Å²) in [7, 11) is 0. The molecule has 8 heavy (non-hydrogen) atoms. The molecular formula is C5H5N3. The highest BCUT2D eigenvalue weighted by Crippen LogP contribution is 1.92. The number of hydrogen-bond acceptors (Lipinski definition) is 2. The summed E-state index contributed by atoms with van der Waals surface area (Å²) >= 11 is 0. The number of aromatic amines is 1. The lowest BCUT2D eigenvalue weighted by atomic mass is 10.5. The Morgan fingerprint density at radius 3 is 2.88 bits per heavy atom. The number of hydrogen-bond donors (Lipinski definition) is 2. The Balaban J connectivity index is 3.05. The highest BCUT2D eigenvalue weighted by molar-refractivity contribution is 5.28. The molecule has 0 aliphatic carbocycles. The van der Waals surface area contributed by atoms with Gasteiger partial charge in [0.05, 0.1) is 6.20 Å². The Morgan fingerprint density at radius 1 is 1.88 bits per heavy atom. The molecule has 0 atom stereocenters. The number of nitrogen functional groups attached to an aromatic ring is 1. The molecule has 0 saturated heterocycles. The van der Waals surface area contributed by atoms with E-state index >= 15 is 0 Å². The Bertz CT molecular complexity index is 218. The molecule has 1 rings (SSSR count). The Morgan fingerprint density at radius 2 is 2.62 bits per heavy atom. The zero-order valence-electron chi connectivity index (χ0n) is 4.18. The molecule has 40 valence electrons. The molecule has 1 aromatic rings. The normalized spacial score (nSPS) is 8.38. The second-order valence-corrected chi connectivity index (χ2v) is 1.33. The fourth-order valence-electron chi connectivity index (χ4n) is 0.410. The average molecular weight is 107 g/mol. The third-order valence-corrected chi connectivity index (χ3v) is 0.751. The molecule has 0 aliphatic heterocycles. The summed E-state index contributed by atoms with van der Waals surface area (Å²) in [6.07, 6.45) is 6.50. The van der Waals surface area contributed by atoms with Crippen LogP contribution in [0.3, 0.4) is 0 Å². The van der Waals surface area contributed by atoms with Crippen molar-refractivity contribution in [2.24, 2.45) is 0 Å². The van der Waals surface area contributed by atoms with Crippen molar-refractivity contribution in [3.63, 3.8) is 0 Å². The second kappa shape index (κ2) is 1.58. The highest BCUT2D eigenvalue weighted by Gasteiger charge is 1.87. The summed E-state index contributed by atoms with van der Waals surface area (Å²) in [6, 6.07) is 0. The van der Waals surface area contributed by atoms with Gasteiger partial charge in [-0.1, -0.05) is 5.92 Å². The summed E-state index contributed by atoms with van der Waals surface area (Å²) in [5.74, 6) is 2.71. The van der Waals surface area contributed by atoms with Gasteiger partial charge in [0, 0.05) is 0 Å². The molecule has 0 aromatic carbocycles. The molecular weight excluding hydrogens is 102 g/mol. The lowest BCUT2D eigenvalue weighted by Gasteiger charge is -1.75. The van der Waals surface area contributed by atoms with E-state index in [-0.39, 0.29) is 0 Å². The van der Waals surface area contributed by atoms with Gasteiger partial charge in [0.25, 0.3) is 0 Å². The van der Waals surface area contributed by atoms with Gasteiger partial charge in [-0.3, -0.25) is 0 Å². The van der Waals surface area contributed by atoms with Crippen LogP contribution in [0.5, 0.6) is 0 Å². The van der Waals surface area contributed by atoms with Crippen molar-refractivity contribution >= 4 is 5.95 Å². The van der Waals surface area contributed by atoms with Crippen molar-refractivity contribution in [1.29, 1.82) is 0 Å². The Kier molecular flexibility index (Phi) is 0.935. The maximum Gasteiger partial charge on any atom is 0.198 e. The van der Waals surface area contributed by atoms with Crippen LogP contribution in [0, 0.1) is 12.3 Å². The first-order chi connectivity index (χ1) is 3.83. The van der Waals surface area contributed by atoms with E-state index in [0.717, 1.165) is 0 Å². The first kappa shape index (κ1) is 4.72. The van der Waals surface area contributed by atoms with Crippen molar-refractivity contribution in [2.45, 2.75) is 0 Å². The van der Waals surface area contributed by atoms with Crippen LogP contribution in [0.15, 0.2) is 6.20 Å². The third kappa shape index (κ3) is 0.636. The number of nitrogens with two attached hydrogens (primary N) is 1. The van der Waals surface area contributed by atoms with E-state index in [4.69, 9.17) is 12.2 Å². The second-order valence-electron chi connectivity index (χ2n) is 1.33. The lowest BCUT2D eigenvalue weighted by molar-refractivity contribution is 1.32. The molecule has 0 radical (unpaired) electrons. The minimum absolute atomic E-state index is 0.359. The van der Waals surface area contributed by atoms with Crippen LogP contribution < -0.4 is 5.73 Å². The topological polar surface area (TPSA) is 54.7 Å². The first-order valence-corrected chi connectivity index (χ1v) is 2.10. The number of nitrogens with one attached hydrogen (secondary N) is 1. The summed E-state index contributed by atoms with van der Waals surface area (Å²) in [5, 5.41) is 0. The highest BCUT2D eigenvalue weighted by atomic mass is 15.0. The number of nitrogens with zero attached hydrogens (tertiary/aromatic N) is 1. The molecule has 3 N–H and O–H groups in total. The minimum Gasteiger partial charge on any atom is -0.369 e. The minimum atomic E-state index is 0.359. The van der Waals surface area contributed by atoms with Crippen LogP contribution in [0.2, 0.25) is 0 Å². The van der Waals surface area contributed by atoms with Gasteiger partial charge in [0.1, 0.15) is 5.69 Å². The van der Waals surface area contributed by atoms with Gasteiger partial charge < -0.3 is 10.7 Å². The van der Waals surface area contributed by atoms with E-state index in [9.17, 15) is 0 Å². The number of rotatable bonds is 0. The van der Waals surface area contributed by atoms with Gasteiger partial charge >= 0.3 is 0 Å². The number of H-pyrrole nitrogens is 1. The molecule has 1 heterocycles. The molecule has 0 aliphatic rings. The zero-order valence-corrected chi connectivity index (χ0v) is 4.18. The van der Waals surface area contributed by atoms with Gasteiger partial charge in [0.15, 0.2) is 5.95 Å². The summed E-state index contributed by atoms with van der Waals surface area (Å²) in [6.45, 7) is 0. The summed E-state index contributed by atoms with van der Waals surface area (Å²) in [4.78, 5) is 6.32. The van der Waals surface area contributed by atoms with Crippen molar-refractivity contribution in [2.75, 3.05) is 5.73 Å². The van der Waals surface area contributed by atoms with Crippen LogP contribution in [0.25, 0.3) is 0 Å². The van der Waals surface area contributed by atoms with Gasteiger partial charge in [-0.15, -0.1) is 6.42 Å². The fourth-order valence-corrected chi connectivity index (χ4v) is 0.410.